The van der Waals surface area contributed by atoms with Crippen LogP contribution in [0.15, 0.2) is 18.2 Å². The Bertz CT molecular complexity index is 402. The van der Waals surface area contributed by atoms with Crippen LogP contribution in [0.1, 0.15) is 51.0 Å². The van der Waals surface area contributed by atoms with Crippen molar-refractivity contribution >= 4 is 11.6 Å². The highest BCUT2D eigenvalue weighted by atomic mass is 35.5. The van der Waals surface area contributed by atoms with Crippen LogP contribution in [0, 0.1) is 0 Å². The van der Waals surface area contributed by atoms with Gasteiger partial charge in [0.1, 0.15) is 5.75 Å². The summed E-state index contributed by atoms with van der Waals surface area (Å²) in [6.45, 7) is 4.12. The van der Waals surface area contributed by atoms with Gasteiger partial charge in [0, 0.05) is 23.2 Å². The average molecular weight is 282 g/mol. The first-order chi connectivity index (χ1) is 9.20. The fourth-order valence-corrected chi connectivity index (χ4v) is 3.22. The van der Waals surface area contributed by atoms with Gasteiger partial charge in [-0.1, -0.05) is 37.8 Å². The Morgan fingerprint density at radius 1 is 1.26 bits per heavy atom. The Morgan fingerprint density at radius 2 is 2.00 bits per heavy atom. The number of hydrogen-bond donors (Lipinski definition) is 1. The highest BCUT2D eigenvalue weighted by Crippen LogP contribution is 2.28. The van der Waals surface area contributed by atoms with Crippen molar-refractivity contribution in [2.75, 3.05) is 6.54 Å². The largest absolute Gasteiger partial charge is 0.508 e. The van der Waals surface area contributed by atoms with Crippen molar-refractivity contribution in [2.24, 2.45) is 0 Å². The maximum atomic E-state index is 9.97. The van der Waals surface area contributed by atoms with Crippen molar-refractivity contribution in [1.82, 2.24) is 4.90 Å². The average Bonchev–Trinajstić information content (AvgIpc) is 2.43. The molecule has 1 aromatic rings. The molecule has 0 heterocycles. The van der Waals surface area contributed by atoms with Crippen LogP contribution in [-0.4, -0.2) is 22.6 Å². The van der Waals surface area contributed by atoms with E-state index in [0.717, 1.165) is 25.1 Å². The molecule has 2 nitrogen and oxygen atoms in total. The van der Waals surface area contributed by atoms with Gasteiger partial charge in [-0.2, -0.15) is 0 Å². The predicted molar refractivity (Wildman–Crippen MR) is 80.7 cm³/mol. The molecule has 1 saturated carbocycles. The third-order valence-electron chi connectivity index (χ3n) is 4.02. The van der Waals surface area contributed by atoms with Crippen LogP contribution in [-0.2, 0) is 6.54 Å². The van der Waals surface area contributed by atoms with Crippen LogP contribution >= 0.6 is 11.6 Å². The molecule has 0 bridgehead atoms. The molecule has 0 radical (unpaired) electrons. The molecular weight excluding hydrogens is 258 g/mol. The first-order valence-electron chi connectivity index (χ1n) is 7.42. The predicted octanol–water partition coefficient (Wildman–Crippen LogP) is 4.59. The Kier molecular flexibility index (Phi) is 5.53. The third kappa shape index (κ3) is 4.12. The summed E-state index contributed by atoms with van der Waals surface area (Å²) in [5, 5.41) is 10.7. The van der Waals surface area contributed by atoms with E-state index < -0.39 is 0 Å². The van der Waals surface area contributed by atoms with Crippen LogP contribution in [0.25, 0.3) is 0 Å². The zero-order valence-corrected chi connectivity index (χ0v) is 12.5. The molecule has 19 heavy (non-hydrogen) atoms. The van der Waals surface area contributed by atoms with Gasteiger partial charge in [0.2, 0.25) is 0 Å². The summed E-state index contributed by atoms with van der Waals surface area (Å²) < 4.78 is 0. The van der Waals surface area contributed by atoms with Crippen molar-refractivity contribution < 1.29 is 5.11 Å². The van der Waals surface area contributed by atoms with E-state index in [1.54, 1.807) is 12.1 Å². The number of phenols is 1. The lowest BCUT2D eigenvalue weighted by Crippen LogP contribution is -2.36. The van der Waals surface area contributed by atoms with Gasteiger partial charge >= 0.3 is 0 Å². The van der Waals surface area contributed by atoms with Gasteiger partial charge in [-0.15, -0.1) is 0 Å². The molecule has 1 fully saturated rings. The smallest absolute Gasteiger partial charge is 0.120 e. The molecular formula is C16H24ClNO. The molecule has 1 aromatic carbocycles. The number of benzene rings is 1. The van der Waals surface area contributed by atoms with E-state index in [9.17, 15) is 5.11 Å². The van der Waals surface area contributed by atoms with Gasteiger partial charge < -0.3 is 5.11 Å². The van der Waals surface area contributed by atoms with Crippen molar-refractivity contribution in [3.63, 3.8) is 0 Å². The van der Waals surface area contributed by atoms with Crippen molar-refractivity contribution in [3.8, 4) is 5.75 Å². The molecule has 3 heteroatoms. The summed E-state index contributed by atoms with van der Waals surface area (Å²) in [6.07, 6.45) is 7.79. The van der Waals surface area contributed by atoms with Crippen LogP contribution in [0.4, 0.5) is 0 Å². The summed E-state index contributed by atoms with van der Waals surface area (Å²) in [7, 11) is 0. The SMILES string of the molecule is CCCN(Cc1cc(Cl)ccc1O)C1CCCCC1. The summed E-state index contributed by atoms with van der Waals surface area (Å²) in [5.74, 6) is 0.362. The molecule has 0 unspecified atom stereocenters. The molecule has 1 aliphatic carbocycles. The van der Waals surface area contributed by atoms with Crippen LogP contribution in [0.2, 0.25) is 5.02 Å². The Balaban J connectivity index is 2.08. The van der Waals surface area contributed by atoms with Gasteiger partial charge in [-0.25, -0.2) is 0 Å². The third-order valence-corrected chi connectivity index (χ3v) is 4.25. The molecule has 0 aliphatic heterocycles. The van der Waals surface area contributed by atoms with E-state index in [-0.39, 0.29) is 0 Å². The lowest BCUT2D eigenvalue weighted by atomic mass is 9.93. The first kappa shape index (κ1) is 14.7. The molecule has 0 amide bonds. The first-order valence-corrected chi connectivity index (χ1v) is 7.80. The zero-order chi connectivity index (χ0) is 13.7. The summed E-state index contributed by atoms with van der Waals surface area (Å²) in [6, 6.07) is 6.00. The molecule has 2 rings (SSSR count). The lowest BCUT2D eigenvalue weighted by Gasteiger charge is -2.34. The fourth-order valence-electron chi connectivity index (χ4n) is 3.02. The number of halogens is 1. The molecule has 0 saturated heterocycles. The van der Waals surface area contributed by atoms with E-state index >= 15 is 0 Å². The Hall–Kier alpha value is -0.730. The van der Waals surface area contributed by atoms with Gasteiger partial charge in [0.25, 0.3) is 0 Å². The van der Waals surface area contributed by atoms with Crippen LogP contribution < -0.4 is 0 Å². The molecule has 1 aliphatic rings. The summed E-state index contributed by atoms with van der Waals surface area (Å²) >= 11 is 6.03. The van der Waals surface area contributed by atoms with Gasteiger partial charge in [0.15, 0.2) is 0 Å². The molecule has 0 aromatic heterocycles. The minimum Gasteiger partial charge on any atom is -0.508 e. The normalized spacial score (nSPS) is 17.0. The minimum absolute atomic E-state index is 0.362. The molecule has 0 atom stereocenters. The van der Waals surface area contributed by atoms with E-state index in [1.165, 1.54) is 32.1 Å². The summed E-state index contributed by atoms with van der Waals surface area (Å²) in [4.78, 5) is 2.52. The minimum atomic E-state index is 0.362. The Labute approximate surface area is 121 Å². The number of rotatable bonds is 5. The van der Waals surface area contributed by atoms with Crippen LogP contribution in [0.3, 0.4) is 0 Å². The maximum absolute atomic E-state index is 9.97. The molecule has 0 spiro atoms. The highest BCUT2D eigenvalue weighted by Gasteiger charge is 2.21. The quantitative estimate of drug-likeness (QED) is 0.853. The fraction of sp³-hybridized carbons (Fsp3) is 0.625. The second-order valence-electron chi connectivity index (χ2n) is 5.54. The van der Waals surface area contributed by atoms with E-state index in [4.69, 9.17) is 11.6 Å². The van der Waals surface area contributed by atoms with E-state index in [2.05, 4.69) is 11.8 Å². The standard InChI is InChI=1S/C16H24ClNO/c1-2-10-18(15-6-4-3-5-7-15)12-13-11-14(17)8-9-16(13)19/h8-9,11,15,19H,2-7,10,12H2,1H3. The van der Waals surface area contributed by atoms with Gasteiger partial charge in [-0.3, -0.25) is 4.90 Å². The number of hydrogen-bond acceptors (Lipinski definition) is 2. The summed E-state index contributed by atoms with van der Waals surface area (Å²) in [5.41, 5.74) is 0.950. The van der Waals surface area contributed by atoms with E-state index in [1.807, 2.05) is 6.07 Å². The number of nitrogens with zero attached hydrogens (tertiary/aromatic N) is 1. The monoisotopic (exact) mass is 281 g/mol. The van der Waals surface area contributed by atoms with Gasteiger partial charge in [-0.05, 0) is 44.0 Å². The topological polar surface area (TPSA) is 23.5 Å². The van der Waals surface area contributed by atoms with Crippen LogP contribution in [0.5, 0.6) is 5.75 Å². The molecule has 1 N–H and O–H groups in total. The van der Waals surface area contributed by atoms with Crippen molar-refractivity contribution in [3.05, 3.63) is 28.8 Å². The van der Waals surface area contributed by atoms with Gasteiger partial charge in [0.05, 0.1) is 0 Å². The lowest BCUT2D eigenvalue weighted by molar-refractivity contribution is 0.147. The molecule has 106 valence electrons. The van der Waals surface area contributed by atoms with Crippen molar-refractivity contribution in [2.45, 2.75) is 58.0 Å². The number of aromatic hydroxyl groups is 1. The van der Waals surface area contributed by atoms with Crippen molar-refractivity contribution in [1.29, 1.82) is 0 Å². The highest BCUT2D eigenvalue weighted by molar-refractivity contribution is 6.30. The second-order valence-corrected chi connectivity index (χ2v) is 5.97. The van der Waals surface area contributed by atoms with E-state index in [0.29, 0.717) is 16.8 Å². The second kappa shape index (κ2) is 7.16. The maximum Gasteiger partial charge on any atom is 0.120 e. The zero-order valence-electron chi connectivity index (χ0n) is 11.7. The Morgan fingerprint density at radius 3 is 2.68 bits per heavy atom. The number of phenolic OH excluding ortho intramolecular Hbond substituents is 1.